The fourth-order valence-electron chi connectivity index (χ4n) is 2.30. The summed E-state index contributed by atoms with van der Waals surface area (Å²) in [5.41, 5.74) is 2.34. The minimum absolute atomic E-state index is 0.0269. The van der Waals surface area contributed by atoms with E-state index in [-0.39, 0.29) is 16.4 Å². The van der Waals surface area contributed by atoms with Crippen molar-refractivity contribution >= 4 is 40.8 Å². The summed E-state index contributed by atoms with van der Waals surface area (Å²) in [7, 11) is 0. The number of nitrogens with zero attached hydrogens (tertiary/aromatic N) is 1. The van der Waals surface area contributed by atoms with Gasteiger partial charge in [-0.1, -0.05) is 18.2 Å². The maximum Gasteiger partial charge on any atom is 0.260 e. The normalized spacial score (nSPS) is 11.7. The molecule has 0 saturated heterocycles. The number of rotatable bonds is 6. The molecule has 2 aromatic rings. The molecule has 0 aliphatic carbocycles. The van der Waals surface area contributed by atoms with Crippen molar-refractivity contribution in [1.82, 2.24) is 0 Å². The summed E-state index contributed by atoms with van der Waals surface area (Å²) >= 11 is 5.19. The largest absolute Gasteiger partial charge is 0.512 e. The first-order valence-electron chi connectivity index (χ1n) is 8.75. The van der Waals surface area contributed by atoms with Crippen LogP contribution in [0.4, 0.5) is 11.4 Å². The number of hydrogen-bond acceptors (Lipinski definition) is 4. The number of carbonyl (C=O) groups excluding carboxylic acids is 1. The van der Waals surface area contributed by atoms with Crippen LogP contribution >= 0.6 is 12.2 Å². The molecule has 0 aromatic heterocycles. The van der Waals surface area contributed by atoms with Crippen LogP contribution in [0.2, 0.25) is 0 Å². The van der Waals surface area contributed by atoms with Crippen LogP contribution in [0.1, 0.15) is 19.4 Å². The van der Waals surface area contributed by atoms with E-state index < -0.39 is 5.91 Å². The van der Waals surface area contributed by atoms with Gasteiger partial charge in [-0.3, -0.25) is 4.79 Å². The minimum Gasteiger partial charge on any atom is -0.512 e. The smallest absolute Gasteiger partial charge is 0.260 e. The van der Waals surface area contributed by atoms with Gasteiger partial charge in [-0.25, -0.2) is 4.99 Å². The third kappa shape index (κ3) is 6.21. The molecule has 0 spiro atoms. The van der Waals surface area contributed by atoms with E-state index in [4.69, 9.17) is 17.0 Å². The summed E-state index contributed by atoms with van der Waals surface area (Å²) < 4.78 is 5.39. The van der Waals surface area contributed by atoms with Crippen LogP contribution in [0, 0.1) is 6.92 Å². The summed E-state index contributed by atoms with van der Waals surface area (Å²) in [6.45, 7) is 5.81. The average molecular weight is 398 g/mol. The Morgan fingerprint density at radius 1 is 1.18 bits per heavy atom. The SMILES string of the molecule is CCOc1ccc(NC(=S)/N=C/C(C(=O)Nc2ccccc2C)=C(/C)O)cc1. The van der Waals surface area contributed by atoms with Crippen molar-refractivity contribution in [3.63, 3.8) is 0 Å². The fourth-order valence-corrected chi connectivity index (χ4v) is 2.47. The molecule has 0 aliphatic heterocycles. The monoisotopic (exact) mass is 397 g/mol. The van der Waals surface area contributed by atoms with Crippen molar-refractivity contribution in [2.24, 2.45) is 4.99 Å². The molecule has 28 heavy (non-hydrogen) atoms. The van der Waals surface area contributed by atoms with Crippen LogP contribution in [-0.2, 0) is 4.79 Å². The predicted molar refractivity (Wildman–Crippen MR) is 117 cm³/mol. The highest BCUT2D eigenvalue weighted by atomic mass is 32.1. The fraction of sp³-hybridized carbons (Fsp3) is 0.190. The molecule has 0 unspecified atom stereocenters. The lowest BCUT2D eigenvalue weighted by Gasteiger charge is -2.09. The number of thiocarbonyl (C=S) groups is 1. The Bertz CT molecular complexity index is 901. The molecule has 2 rings (SSSR count). The third-order valence-electron chi connectivity index (χ3n) is 3.76. The number of anilines is 2. The highest BCUT2D eigenvalue weighted by Gasteiger charge is 2.12. The molecule has 0 heterocycles. The second-order valence-corrected chi connectivity index (χ2v) is 6.30. The zero-order valence-corrected chi connectivity index (χ0v) is 16.8. The number of aliphatic hydroxyl groups excluding tert-OH is 1. The quantitative estimate of drug-likeness (QED) is 0.286. The molecule has 0 bridgehead atoms. The van der Waals surface area contributed by atoms with E-state index in [0.717, 1.165) is 17.0 Å². The number of hydrogen-bond donors (Lipinski definition) is 3. The van der Waals surface area contributed by atoms with Gasteiger partial charge < -0.3 is 20.5 Å². The number of para-hydroxylation sites is 1. The number of aliphatic imine (C=N–C) groups is 1. The zero-order valence-electron chi connectivity index (χ0n) is 16.0. The van der Waals surface area contributed by atoms with Gasteiger partial charge in [-0.05, 0) is 68.9 Å². The molecule has 2 aromatic carbocycles. The zero-order chi connectivity index (χ0) is 20.5. The van der Waals surface area contributed by atoms with Gasteiger partial charge in [0.05, 0.1) is 12.2 Å². The van der Waals surface area contributed by atoms with Crippen LogP contribution in [0.3, 0.4) is 0 Å². The molecule has 146 valence electrons. The van der Waals surface area contributed by atoms with E-state index >= 15 is 0 Å². The van der Waals surface area contributed by atoms with E-state index in [1.807, 2.05) is 56.3 Å². The lowest BCUT2D eigenvalue weighted by molar-refractivity contribution is -0.112. The van der Waals surface area contributed by atoms with Crippen molar-refractivity contribution in [2.75, 3.05) is 17.2 Å². The van der Waals surface area contributed by atoms with Crippen molar-refractivity contribution in [3.8, 4) is 5.75 Å². The van der Waals surface area contributed by atoms with Crippen LogP contribution in [-0.4, -0.2) is 28.9 Å². The third-order valence-corrected chi connectivity index (χ3v) is 3.96. The molecular weight excluding hydrogens is 374 g/mol. The van der Waals surface area contributed by atoms with Gasteiger partial charge in [0, 0.05) is 17.6 Å². The maximum absolute atomic E-state index is 12.5. The van der Waals surface area contributed by atoms with Gasteiger partial charge >= 0.3 is 0 Å². The highest BCUT2D eigenvalue weighted by Crippen LogP contribution is 2.16. The van der Waals surface area contributed by atoms with E-state index in [1.54, 1.807) is 6.07 Å². The molecule has 0 fully saturated rings. The average Bonchev–Trinajstić information content (AvgIpc) is 2.65. The summed E-state index contributed by atoms with van der Waals surface area (Å²) in [5, 5.41) is 15.7. The van der Waals surface area contributed by atoms with Crippen molar-refractivity contribution in [3.05, 3.63) is 65.4 Å². The first-order chi connectivity index (χ1) is 13.4. The summed E-state index contributed by atoms with van der Waals surface area (Å²) in [4.78, 5) is 16.5. The second kappa shape index (κ2) is 10.2. The Balaban J connectivity index is 2.03. The van der Waals surface area contributed by atoms with E-state index in [1.165, 1.54) is 13.1 Å². The van der Waals surface area contributed by atoms with Gasteiger partial charge in [0.1, 0.15) is 11.5 Å². The van der Waals surface area contributed by atoms with Crippen molar-refractivity contribution in [2.45, 2.75) is 20.8 Å². The number of amides is 1. The minimum atomic E-state index is -0.470. The first-order valence-corrected chi connectivity index (χ1v) is 9.16. The second-order valence-electron chi connectivity index (χ2n) is 5.91. The molecular formula is C21H23N3O3S. The van der Waals surface area contributed by atoms with Gasteiger partial charge in [0.25, 0.3) is 5.91 Å². The molecule has 0 aliphatic rings. The van der Waals surface area contributed by atoms with Crippen LogP contribution < -0.4 is 15.4 Å². The standard InChI is InChI=1S/C21H23N3O3S/c1-4-27-17-11-9-16(10-12-17)23-21(28)22-13-18(15(3)25)20(26)24-19-8-6-5-7-14(19)2/h5-13,25H,4H2,1-3H3,(H,23,28)(H,24,26)/b18-15+,22-13+. The number of carbonyl (C=O) groups is 1. The lowest BCUT2D eigenvalue weighted by atomic mass is 10.2. The Kier molecular flexibility index (Phi) is 7.71. The Morgan fingerprint density at radius 2 is 1.86 bits per heavy atom. The Hall–Kier alpha value is -3.19. The topological polar surface area (TPSA) is 83.0 Å². The number of aliphatic hydroxyl groups is 1. The van der Waals surface area contributed by atoms with Gasteiger partial charge in [-0.15, -0.1) is 0 Å². The van der Waals surface area contributed by atoms with Crippen LogP contribution in [0.25, 0.3) is 0 Å². The molecule has 6 nitrogen and oxygen atoms in total. The Morgan fingerprint density at radius 3 is 2.46 bits per heavy atom. The summed E-state index contributed by atoms with van der Waals surface area (Å²) in [5.74, 6) is 0.136. The van der Waals surface area contributed by atoms with Crippen LogP contribution in [0.15, 0.2) is 64.9 Å². The van der Waals surface area contributed by atoms with E-state index in [0.29, 0.717) is 12.3 Å². The summed E-state index contributed by atoms with van der Waals surface area (Å²) in [6.07, 6.45) is 1.24. The number of ether oxygens (including phenoxy) is 1. The van der Waals surface area contributed by atoms with Gasteiger partial charge in [0.2, 0.25) is 0 Å². The number of benzene rings is 2. The maximum atomic E-state index is 12.5. The van der Waals surface area contributed by atoms with E-state index in [9.17, 15) is 9.90 Å². The van der Waals surface area contributed by atoms with E-state index in [2.05, 4.69) is 15.6 Å². The van der Waals surface area contributed by atoms with Gasteiger partial charge in [-0.2, -0.15) is 0 Å². The molecule has 0 atom stereocenters. The van der Waals surface area contributed by atoms with Crippen molar-refractivity contribution in [1.29, 1.82) is 0 Å². The molecule has 7 heteroatoms. The lowest BCUT2D eigenvalue weighted by Crippen LogP contribution is -2.18. The van der Waals surface area contributed by atoms with Gasteiger partial charge in [0.15, 0.2) is 5.11 Å². The van der Waals surface area contributed by atoms with Crippen LogP contribution in [0.5, 0.6) is 5.75 Å². The highest BCUT2D eigenvalue weighted by molar-refractivity contribution is 7.80. The van der Waals surface area contributed by atoms with Crippen molar-refractivity contribution < 1.29 is 14.6 Å². The predicted octanol–water partition coefficient (Wildman–Crippen LogP) is 4.63. The number of nitrogens with one attached hydrogen (secondary N) is 2. The number of allylic oxidation sites excluding steroid dienone is 1. The molecule has 3 N–H and O–H groups in total. The Labute approximate surface area is 170 Å². The first kappa shape index (κ1) is 21.1. The molecule has 0 radical (unpaired) electrons. The number of aryl methyl sites for hydroxylation is 1. The molecule has 0 saturated carbocycles. The molecule has 1 amide bonds. The summed E-state index contributed by atoms with van der Waals surface area (Å²) in [6, 6.07) is 14.6.